The molecule has 0 saturated heterocycles. The lowest BCUT2D eigenvalue weighted by molar-refractivity contribution is -0.117. The molecule has 0 saturated carbocycles. The van der Waals surface area contributed by atoms with E-state index in [1.807, 2.05) is 18.2 Å². The Morgan fingerprint density at radius 3 is 2.75 bits per heavy atom. The van der Waals surface area contributed by atoms with Crippen LogP contribution in [0.15, 0.2) is 43.0 Å². The number of nitrogens with one attached hydrogen (secondary N) is 1. The Hall–Kier alpha value is -1.94. The van der Waals surface area contributed by atoms with Crippen molar-refractivity contribution in [2.45, 2.75) is 25.7 Å². The van der Waals surface area contributed by atoms with Gasteiger partial charge < -0.3 is 5.32 Å². The highest BCUT2D eigenvalue weighted by Crippen LogP contribution is 2.25. The van der Waals surface area contributed by atoms with Crippen molar-refractivity contribution < 1.29 is 4.79 Å². The minimum atomic E-state index is -0.223. The Labute approximate surface area is 123 Å². The maximum atomic E-state index is 12.4. The Balaban J connectivity index is 2.18. The van der Waals surface area contributed by atoms with Crippen molar-refractivity contribution in [1.82, 2.24) is 9.97 Å². The minimum absolute atomic E-state index is 0.0658. The monoisotopic (exact) mass is 289 g/mol. The average molecular weight is 290 g/mol. The largest absolute Gasteiger partial charge is 0.323 e. The van der Waals surface area contributed by atoms with E-state index in [4.69, 9.17) is 11.6 Å². The minimum Gasteiger partial charge on any atom is -0.323 e. The van der Waals surface area contributed by atoms with Crippen LogP contribution < -0.4 is 5.32 Å². The first-order valence-corrected chi connectivity index (χ1v) is 6.90. The van der Waals surface area contributed by atoms with Gasteiger partial charge in [-0.3, -0.25) is 4.79 Å². The lowest BCUT2D eigenvalue weighted by Gasteiger charge is -2.16. The van der Waals surface area contributed by atoms with E-state index < -0.39 is 0 Å². The number of carbonyl (C=O) groups is 1. The maximum absolute atomic E-state index is 12.4. The summed E-state index contributed by atoms with van der Waals surface area (Å²) in [5.74, 6) is -0.289. The van der Waals surface area contributed by atoms with E-state index in [9.17, 15) is 4.79 Å². The third-order valence-electron chi connectivity index (χ3n) is 2.97. The van der Waals surface area contributed by atoms with Crippen LogP contribution in [0.5, 0.6) is 0 Å². The summed E-state index contributed by atoms with van der Waals surface area (Å²) >= 11 is 6.00. The third-order valence-corrected chi connectivity index (χ3v) is 3.21. The Morgan fingerprint density at radius 1 is 1.35 bits per heavy atom. The number of hydrogen-bond donors (Lipinski definition) is 1. The fourth-order valence-electron chi connectivity index (χ4n) is 2.05. The SMILES string of the molecule is CCCC(C(=O)Nc1cncnc1)c1cccc(Cl)c1. The van der Waals surface area contributed by atoms with Crippen LogP contribution in [-0.4, -0.2) is 15.9 Å². The molecule has 0 aliphatic rings. The van der Waals surface area contributed by atoms with Crippen LogP contribution in [0.2, 0.25) is 5.02 Å². The van der Waals surface area contributed by atoms with Gasteiger partial charge in [0.25, 0.3) is 0 Å². The van der Waals surface area contributed by atoms with Gasteiger partial charge in [0.1, 0.15) is 6.33 Å². The van der Waals surface area contributed by atoms with Crippen molar-refractivity contribution in [2.24, 2.45) is 0 Å². The number of aromatic nitrogens is 2. The smallest absolute Gasteiger partial charge is 0.231 e. The van der Waals surface area contributed by atoms with Gasteiger partial charge in [-0.2, -0.15) is 0 Å². The van der Waals surface area contributed by atoms with Gasteiger partial charge in [0, 0.05) is 5.02 Å². The molecular weight excluding hydrogens is 274 g/mol. The molecule has 0 spiro atoms. The molecule has 2 rings (SSSR count). The molecule has 0 aliphatic heterocycles. The Morgan fingerprint density at radius 2 is 2.10 bits per heavy atom. The summed E-state index contributed by atoms with van der Waals surface area (Å²) < 4.78 is 0. The number of halogens is 1. The molecule has 1 N–H and O–H groups in total. The van der Waals surface area contributed by atoms with Crippen molar-refractivity contribution in [3.8, 4) is 0 Å². The van der Waals surface area contributed by atoms with Crippen LogP contribution in [0.25, 0.3) is 0 Å². The number of hydrogen-bond acceptors (Lipinski definition) is 3. The first kappa shape index (κ1) is 14.5. The van der Waals surface area contributed by atoms with E-state index in [2.05, 4.69) is 22.2 Å². The molecule has 0 aliphatic carbocycles. The molecule has 0 radical (unpaired) electrons. The molecular formula is C15H16ClN3O. The Kier molecular flexibility index (Phi) is 5.07. The molecule has 1 atom stereocenters. The summed E-state index contributed by atoms with van der Waals surface area (Å²) in [6, 6.07) is 7.42. The first-order valence-electron chi connectivity index (χ1n) is 6.52. The third kappa shape index (κ3) is 3.78. The van der Waals surface area contributed by atoms with Gasteiger partial charge in [0.15, 0.2) is 0 Å². The number of carbonyl (C=O) groups excluding carboxylic acids is 1. The highest BCUT2D eigenvalue weighted by atomic mass is 35.5. The Bertz CT molecular complexity index is 574. The first-order chi connectivity index (χ1) is 9.70. The predicted molar refractivity (Wildman–Crippen MR) is 79.8 cm³/mol. The standard InChI is InChI=1S/C15H16ClN3O/c1-2-4-14(11-5-3-6-12(16)7-11)15(20)19-13-8-17-10-18-9-13/h3,5-10,14H,2,4H2,1H3,(H,19,20). The van der Waals surface area contributed by atoms with Gasteiger partial charge in [0.2, 0.25) is 5.91 Å². The van der Waals surface area contributed by atoms with Crippen molar-refractivity contribution in [2.75, 3.05) is 5.32 Å². The second-order valence-electron chi connectivity index (χ2n) is 4.51. The van der Waals surface area contributed by atoms with Gasteiger partial charge in [-0.15, -0.1) is 0 Å². The molecule has 0 bridgehead atoms. The van der Waals surface area contributed by atoms with Gasteiger partial charge in [0.05, 0.1) is 24.0 Å². The highest BCUT2D eigenvalue weighted by Gasteiger charge is 2.20. The molecule has 104 valence electrons. The van der Waals surface area contributed by atoms with Crippen LogP contribution >= 0.6 is 11.6 Å². The lowest BCUT2D eigenvalue weighted by atomic mass is 9.93. The second kappa shape index (κ2) is 7.01. The molecule has 20 heavy (non-hydrogen) atoms. The van der Waals surface area contributed by atoms with Crippen molar-refractivity contribution >= 4 is 23.2 Å². The number of nitrogens with zero attached hydrogens (tertiary/aromatic N) is 2. The van der Waals surface area contributed by atoms with E-state index in [1.165, 1.54) is 6.33 Å². The summed E-state index contributed by atoms with van der Waals surface area (Å²) in [7, 11) is 0. The molecule has 1 aromatic carbocycles. The zero-order chi connectivity index (χ0) is 14.4. The highest BCUT2D eigenvalue weighted by molar-refractivity contribution is 6.30. The van der Waals surface area contributed by atoms with Gasteiger partial charge in [-0.05, 0) is 24.1 Å². The van der Waals surface area contributed by atoms with Crippen LogP contribution in [0.3, 0.4) is 0 Å². The molecule has 1 aromatic heterocycles. The number of anilines is 1. The normalized spacial score (nSPS) is 11.9. The number of rotatable bonds is 5. The average Bonchev–Trinajstić information content (AvgIpc) is 2.45. The fraction of sp³-hybridized carbons (Fsp3) is 0.267. The van der Waals surface area contributed by atoms with Crippen LogP contribution in [0.4, 0.5) is 5.69 Å². The second-order valence-corrected chi connectivity index (χ2v) is 4.95. The number of benzene rings is 1. The van der Waals surface area contributed by atoms with Gasteiger partial charge in [-0.1, -0.05) is 37.1 Å². The molecule has 5 heteroatoms. The van der Waals surface area contributed by atoms with Gasteiger partial charge >= 0.3 is 0 Å². The number of amides is 1. The zero-order valence-electron chi connectivity index (χ0n) is 11.2. The van der Waals surface area contributed by atoms with E-state index in [-0.39, 0.29) is 11.8 Å². The van der Waals surface area contributed by atoms with Crippen molar-refractivity contribution in [3.05, 3.63) is 53.6 Å². The molecule has 1 heterocycles. The molecule has 0 fully saturated rings. The molecule has 2 aromatic rings. The van der Waals surface area contributed by atoms with E-state index >= 15 is 0 Å². The van der Waals surface area contributed by atoms with Crippen LogP contribution in [0.1, 0.15) is 31.2 Å². The van der Waals surface area contributed by atoms with E-state index in [1.54, 1.807) is 18.5 Å². The summed E-state index contributed by atoms with van der Waals surface area (Å²) in [5.41, 5.74) is 1.52. The van der Waals surface area contributed by atoms with Gasteiger partial charge in [-0.25, -0.2) is 9.97 Å². The predicted octanol–water partition coefficient (Wildman–Crippen LogP) is 3.65. The zero-order valence-corrected chi connectivity index (χ0v) is 12.0. The summed E-state index contributed by atoms with van der Waals surface area (Å²) in [6.07, 6.45) is 6.25. The molecule has 1 amide bonds. The summed E-state index contributed by atoms with van der Waals surface area (Å²) in [4.78, 5) is 20.2. The van der Waals surface area contributed by atoms with E-state index in [0.29, 0.717) is 10.7 Å². The fourth-order valence-corrected chi connectivity index (χ4v) is 2.25. The summed E-state index contributed by atoms with van der Waals surface area (Å²) in [6.45, 7) is 2.05. The lowest BCUT2D eigenvalue weighted by Crippen LogP contribution is -2.21. The molecule has 1 unspecified atom stereocenters. The molecule has 4 nitrogen and oxygen atoms in total. The van der Waals surface area contributed by atoms with Crippen LogP contribution in [0, 0.1) is 0 Å². The topological polar surface area (TPSA) is 54.9 Å². The van der Waals surface area contributed by atoms with Crippen molar-refractivity contribution in [3.63, 3.8) is 0 Å². The van der Waals surface area contributed by atoms with E-state index in [0.717, 1.165) is 18.4 Å². The summed E-state index contributed by atoms with van der Waals surface area (Å²) in [5, 5.41) is 3.48. The van der Waals surface area contributed by atoms with Crippen LogP contribution in [-0.2, 0) is 4.79 Å². The quantitative estimate of drug-likeness (QED) is 0.914. The maximum Gasteiger partial charge on any atom is 0.231 e. The van der Waals surface area contributed by atoms with Crippen molar-refractivity contribution in [1.29, 1.82) is 0 Å².